The lowest BCUT2D eigenvalue weighted by Gasteiger charge is -2.44. The van der Waals surface area contributed by atoms with Crippen molar-refractivity contribution < 1.29 is 0 Å². The maximum absolute atomic E-state index is 5.92. The van der Waals surface area contributed by atoms with Gasteiger partial charge in [0.25, 0.3) is 0 Å². The van der Waals surface area contributed by atoms with E-state index in [1.807, 2.05) is 0 Å². The molecule has 2 rings (SSSR count). The van der Waals surface area contributed by atoms with E-state index in [1.54, 1.807) is 0 Å². The van der Waals surface area contributed by atoms with Gasteiger partial charge in [0.05, 0.1) is 0 Å². The minimum atomic E-state index is 0.735. The van der Waals surface area contributed by atoms with E-state index < -0.39 is 0 Å². The topological polar surface area (TPSA) is 52.0 Å². The van der Waals surface area contributed by atoms with Crippen LogP contribution in [0.1, 0.15) is 38.5 Å². The Kier molecular flexibility index (Phi) is 3.45. The second kappa shape index (κ2) is 4.63. The van der Waals surface area contributed by atoms with Crippen molar-refractivity contribution in [3.05, 3.63) is 0 Å². The highest BCUT2D eigenvalue weighted by Gasteiger charge is 2.37. The van der Waals surface area contributed by atoms with Crippen molar-refractivity contribution in [1.82, 2.24) is 0 Å². The summed E-state index contributed by atoms with van der Waals surface area (Å²) in [5, 5.41) is 0. The van der Waals surface area contributed by atoms with Crippen molar-refractivity contribution in [3.63, 3.8) is 0 Å². The zero-order valence-electron chi connectivity index (χ0n) is 9.12. The molecular weight excluding hydrogens is 172 g/mol. The summed E-state index contributed by atoms with van der Waals surface area (Å²) in [7, 11) is 0. The molecule has 4 N–H and O–H groups in total. The van der Waals surface area contributed by atoms with E-state index >= 15 is 0 Å². The smallest absolute Gasteiger partial charge is 0.00430 e. The van der Waals surface area contributed by atoms with Crippen LogP contribution in [0.3, 0.4) is 0 Å². The maximum Gasteiger partial charge on any atom is -0.00430 e. The van der Waals surface area contributed by atoms with E-state index in [1.165, 1.54) is 38.5 Å². The fourth-order valence-corrected chi connectivity index (χ4v) is 3.17. The van der Waals surface area contributed by atoms with Gasteiger partial charge in [-0.3, -0.25) is 0 Å². The Bertz CT molecular complexity index is 153. The third-order valence-corrected chi connectivity index (χ3v) is 4.60. The SMILES string of the molecule is NCC(C1CCC1)C(CN)C1CCC1. The lowest BCUT2D eigenvalue weighted by molar-refractivity contribution is 0.0791. The molecule has 0 spiro atoms. The fourth-order valence-electron chi connectivity index (χ4n) is 3.17. The Balaban J connectivity index is 1.91. The molecule has 0 aliphatic heterocycles. The number of hydrogen-bond donors (Lipinski definition) is 2. The molecule has 0 amide bonds. The molecule has 0 heterocycles. The van der Waals surface area contributed by atoms with Gasteiger partial charge in [0.15, 0.2) is 0 Å². The minimum absolute atomic E-state index is 0.735. The highest BCUT2D eigenvalue weighted by molar-refractivity contribution is 4.89. The fraction of sp³-hybridized carbons (Fsp3) is 1.00. The molecule has 2 heteroatoms. The second-order valence-corrected chi connectivity index (χ2v) is 5.18. The highest BCUT2D eigenvalue weighted by atomic mass is 14.6. The van der Waals surface area contributed by atoms with Crippen LogP contribution in [0.4, 0.5) is 0 Å². The largest absolute Gasteiger partial charge is 0.330 e. The standard InChI is InChI=1S/C12H24N2/c13-7-11(9-3-1-4-9)12(8-14)10-5-2-6-10/h9-12H,1-8,13-14H2. The molecule has 0 aromatic carbocycles. The summed E-state index contributed by atoms with van der Waals surface area (Å²) in [6.07, 6.45) is 8.47. The van der Waals surface area contributed by atoms with Gasteiger partial charge in [-0.25, -0.2) is 0 Å². The predicted octanol–water partition coefficient (Wildman–Crippen LogP) is 1.74. The summed E-state index contributed by atoms with van der Waals surface area (Å²) >= 11 is 0. The molecule has 0 aromatic heterocycles. The first-order chi connectivity index (χ1) is 6.86. The Hall–Kier alpha value is -0.0800. The molecule has 0 saturated heterocycles. The Morgan fingerprint density at radius 1 is 0.786 bits per heavy atom. The van der Waals surface area contributed by atoms with E-state index in [-0.39, 0.29) is 0 Å². The van der Waals surface area contributed by atoms with E-state index in [0.717, 1.165) is 36.8 Å². The summed E-state index contributed by atoms with van der Waals surface area (Å²) in [6.45, 7) is 1.73. The van der Waals surface area contributed by atoms with Crippen molar-refractivity contribution in [1.29, 1.82) is 0 Å². The maximum atomic E-state index is 5.92. The lowest BCUT2D eigenvalue weighted by atomic mass is 9.63. The van der Waals surface area contributed by atoms with Crippen molar-refractivity contribution in [2.24, 2.45) is 35.1 Å². The molecule has 0 bridgehead atoms. The van der Waals surface area contributed by atoms with Gasteiger partial charge in [-0.05, 0) is 36.8 Å². The summed E-state index contributed by atoms with van der Waals surface area (Å²) in [4.78, 5) is 0. The molecule has 0 aromatic rings. The van der Waals surface area contributed by atoms with Crippen LogP contribution < -0.4 is 11.5 Å². The average Bonchev–Trinajstić information content (AvgIpc) is 2.03. The van der Waals surface area contributed by atoms with Crippen LogP contribution in [-0.2, 0) is 0 Å². The first-order valence-electron chi connectivity index (χ1n) is 6.27. The van der Waals surface area contributed by atoms with E-state index in [4.69, 9.17) is 11.5 Å². The normalized spacial score (nSPS) is 27.9. The quantitative estimate of drug-likeness (QED) is 0.703. The molecule has 82 valence electrons. The van der Waals surface area contributed by atoms with Gasteiger partial charge >= 0.3 is 0 Å². The van der Waals surface area contributed by atoms with Gasteiger partial charge in [-0.2, -0.15) is 0 Å². The number of hydrogen-bond acceptors (Lipinski definition) is 2. The van der Waals surface area contributed by atoms with Crippen LogP contribution in [0.25, 0.3) is 0 Å². The van der Waals surface area contributed by atoms with Crippen LogP contribution >= 0.6 is 0 Å². The summed E-state index contributed by atoms with van der Waals surface area (Å²) < 4.78 is 0. The number of nitrogens with two attached hydrogens (primary N) is 2. The second-order valence-electron chi connectivity index (χ2n) is 5.18. The molecule has 2 aliphatic carbocycles. The minimum Gasteiger partial charge on any atom is -0.330 e. The third-order valence-electron chi connectivity index (χ3n) is 4.60. The molecule has 2 nitrogen and oxygen atoms in total. The summed E-state index contributed by atoms with van der Waals surface area (Å²) in [5.41, 5.74) is 11.8. The van der Waals surface area contributed by atoms with Gasteiger partial charge in [0, 0.05) is 0 Å². The molecule has 14 heavy (non-hydrogen) atoms. The zero-order valence-corrected chi connectivity index (χ0v) is 9.12. The van der Waals surface area contributed by atoms with Crippen molar-refractivity contribution in [2.45, 2.75) is 38.5 Å². The van der Waals surface area contributed by atoms with Gasteiger partial charge in [0.1, 0.15) is 0 Å². The number of rotatable bonds is 5. The average molecular weight is 196 g/mol. The van der Waals surface area contributed by atoms with Crippen LogP contribution in [-0.4, -0.2) is 13.1 Å². The summed E-state index contributed by atoms with van der Waals surface area (Å²) in [6, 6.07) is 0. The molecule has 2 unspecified atom stereocenters. The van der Waals surface area contributed by atoms with Crippen LogP contribution in [0.2, 0.25) is 0 Å². The first kappa shape index (κ1) is 10.4. The Morgan fingerprint density at radius 3 is 1.29 bits per heavy atom. The predicted molar refractivity (Wildman–Crippen MR) is 59.8 cm³/mol. The Morgan fingerprint density at radius 2 is 1.14 bits per heavy atom. The van der Waals surface area contributed by atoms with Gasteiger partial charge in [-0.15, -0.1) is 0 Å². The molecule has 2 aliphatic rings. The van der Waals surface area contributed by atoms with Crippen molar-refractivity contribution >= 4 is 0 Å². The lowest BCUT2D eigenvalue weighted by Crippen LogP contribution is -2.42. The van der Waals surface area contributed by atoms with E-state index in [0.29, 0.717) is 0 Å². The van der Waals surface area contributed by atoms with Gasteiger partial charge in [-0.1, -0.05) is 38.5 Å². The zero-order chi connectivity index (χ0) is 9.97. The van der Waals surface area contributed by atoms with Crippen molar-refractivity contribution in [2.75, 3.05) is 13.1 Å². The monoisotopic (exact) mass is 196 g/mol. The highest BCUT2D eigenvalue weighted by Crippen LogP contribution is 2.43. The Labute approximate surface area is 87.4 Å². The van der Waals surface area contributed by atoms with E-state index in [9.17, 15) is 0 Å². The molecule has 2 fully saturated rings. The summed E-state index contributed by atoms with van der Waals surface area (Å²) in [5.74, 6) is 3.29. The van der Waals surface area contributed by atoms with Crippen LogP contribution in [0, 0.1) is 23.7 Å². The molecule has 2 saturated carbocycles. The van der Waals surface area contributed by atoms with Gasteiger partial charge < -0.3 is 11.5 Å². The van der Waals surface area contributed by atoms with Crippen LogP contribution in [0.15, 0.2) is 0 Å². The van der Waals surface area contributed by atoms with Crippen LogP contribution in [0.5, 0.6) is 0 Å². The molecule has 2 atom stereocenters. The molecular formula is C12H24N2. The molecule has 0 radical (unpaired) electrons. The third kappa shape index (κ3) is 1.82. The van der Waals surface area contributed by atoms with E-state index in [2.05, 4.69) is 0 Å². The van der Waals surface area contributed by atoms with Crippen molar-refractivity contribution in [3.8, 4) is 0 Å². The first-order valence-corrected chi connectivity index (χ1v) is 6.27. The van der Waals surface area contributed by atoms with Gasteiger partial charge in [0.2, 0.25) is 0 Å².